The summed E-state index contributed by atoms with van der Waals surface area (Å²) in [6.07, 6.45) is 18.8. The van der Waals surface area contributed by atoms with Gasteiger partial charge in [-0.25, -0.2) is 0 Å². The molecule has 0 rings (SSSR count). The Balaban J connectivity index is 3.70. The maximum Gasteiger partial charge on any atom is 0.325 e. The number of aliphatic hydroxyl groups is 1. The highest BCUT2D eigenvalue weighted by atomic mass is 16.7. The maximum atomic E-state index is 12.0. The van der Waals surface area contributed by atoms with Crippen LogP contribution in [0.1, 0.15) is 136 Å². The van der Waals surface area contributed by atoms with Gasteiger partial charge in [0, 0.05) is 19.4 Å². The fraction of sp³-hybridized carbons (Fsp3) is 0.929. The quantitative estimate of drug-likeness (QED) is 0.0854. The van der Waals surface area contributed by atoms with E-state index in [0.717, 1.165) is 51.4 Å². The molecule has 6 heteroatoms. The van der Waals surface area contributed by atoms with Gasteiger partial charge in [-0.3, -0.25) is 9.59 Å². The average molecular weight is 486 g/mol. The number of unbranched alkanes of at least 4 members (excludes halogenated alkanes) is 12. The van der Waals surface area contributed by atoms with Crippen molar-refractivity contribution in [2.45, 2.75) is 136 Å². The van der Waals surface area contributed by atoms with Crippen LogP contribution in [0.3, 0.4) is 0 Å². The molecule has 0 aromatic rings. The molecule has 34 heavy (non-hydrogen) atoms. The second-order valence-corrected chi connectivity index (χ2v) is 9.79. The van der Waals surface area contributed by atoms with Crippen LogP contribution in [0.4, 0.5) is 0 Å². The lowest BCUT2D eigenvalue weighted by Gasteiger charge is -2.20. The average Bonchev–Trinajstić information content (AvgIpc) is 2.82. The van der Waals surface area contributed by atoms with E-state index in [1.165, 1.54) is 51.4 Å². The third-order valence-corrected chi connectivity index (χ3v) is 6.18. The smallest absolute Gasteiger partial charge is 0.325 e. The number of carbonyl (C=O) groups is 2. The van der Waals surface area contributed by atoms with Gasteiger partial charge in [-0.1, -0.05) is 97.8 Å². The Morgan fingerprint density at radius 3 is 1.85 bits per heavy atom. The van der Waals surface area contributed by atoms with Gasteiger partial charge in [0.1, 0.15) is 0 Å². The maximum absolute atomic E-state index is 12.0. The third kappa shape index (κ3) is 22.6. The van der Waals surface area contributed by atoms with E-state index in [1.54, 1.807) is 5.06 Å². The van der Waals surface area contributed by atoms with Crippen molar-refractivity contribution in [3.05, 3.63) is 0 Å². The lowest BCUT2D eigenvalue weighted by molar-refractivity contribution is -0.192. The molecule has 0 aliphatic carbocycles. The molecule has 1 atom stereocenters. The van der Waals surface area contributed by atoms with Gasteiger partial charge in [0.2, 0.25) is 0 Å². The van der Waals surface area contributed by atoms with Crippen LogP contribution in [0.15, 0.2) is 0 Å². The summed E-state index contributed by atoms with van der Waals surface area (Å²) in [6, 6.07) is 0. The molecule has 0 aliphatic rings. The number of hydroxylamine groups is 2. The van der Waals surface area contributed by atoms with Crippen molar-refractivity contribution in [1.29, 1.82) is 0 Å². The Morgan fingerprint density at radius 1 is 0.706 bits per heavy atom. The van der Waals surface area contributed by atoms with Crippen molar-refractivity contribution in [2.75, 3.05) is 26.3 Å². The number of carbonyl (C=O) groups excluding carboxylic acids is 2. The Bertz CT molecular complexity index is 472. The minimum atomic E-state index is -0.200. The molecule has 1 unspecified atom stereocenters. The molecule has 202 valence electrons. The van der Waals surface area contributed by atoms with Gasteiger partial charge in [0.25, 0.3) is 0 Å². The molecule has 0 saturated carbocycles. The topological polar surface area (TPSA) is 76.1 Å². The molecule has 6 nitrogen and oxygen atoms in total. The Hall–Kier alpha value is -1.14. The minimum absolute atomic E-state index is 0.0244. The van der Waals surface area contributed by atoms with Crippen molar-refractivity contribution in [2.24, 2.45) is 5.92 Å². The van der Waals surface area contributed by atoms with Gasteiger partial charge in [0.05, 0.1) is 19.8 Å². The number of hydrogen-bond donors (Lipinski definition) is 1. The van der Waals surface area contributed by atoms with Gasteiger partial charge >= 0.3 is 11.9 Å². The van der Waals surface area contributed by atoms with Crippen LogP contribution in [0.5, 0.6) is 0 Å². The lowest BCUT2D eigenvalue weighted by Crippen LogP contribution is -2.31. The van der Waals surface area contributed by atoms with Gasteiger partial charge < -0.3 is 14.7 Å². The normalized spacial score (nSPS) is 12.1. The fourth-order valence-electron chi connectivity index (χ4n) is 3.95. The van der Waals surface area contributed by atoms with Crippen molar-refractivity contribution in [3.63, 3.8) is 0 Å². The Labute approximate surface area is 210 Å². The SMILES string of the molecule is CCCCCCCC(=O)ON(CCO)CCCCCCCC(=O)OCC(C)CCCCCCC. The summed E-state index contributed by atoms with van der Waals surface area (Å²) in [4.78, 5) is 29.4. The van der Waals surface area contributed by atoms with Crippen LogP contribution < -0.4 is 0 Å². The lowest BCUT2D eigenvalue weighted by atomic mass is 10.0. The van der Waals surface area contributed by atoms with Crippen molar-refractivity contribution >= 4 is 11.9 Å². The second-order valence-electron chi connectivity index (χ2n) is 9.79. The summed E-state index contributed by atoms with van der Waals surface area (Å²) in [5, 5.41) is 10.8. The molecular weight excluding hydrogens is 430 g/mol. The van der Waals surface area contributed by atoms with Crippen LogP contribution >= 0.6 is 0 Å². The van der Waals surface area contributed by atoms with Crippen LogP contribution in [0.2, 0.25) is 0 Å². The number of hydrogen-bond acceptors (Lipinski definition) is 6. The Kier molecular flexibility index (Phi) is 24.1. The van der Waals surface area contributed by atoms with E-state index in [2.05, 4.69) is 20.8 Å². The molecule has 0 radical (unpaired) electrons. The molecule has 1 N–H and O–H groups in total. The zero-order valence-corrected chi connectivity index (χ0v) is 22.7. The number of ether oxygens (including phenoxy) is 1. The minimum Gasteiger partial charge on any atom is -0.465 e. The summed E-state index contributed by atoms with van der Waals surface area (Å²) < 4.78 is 5.43. The molecule has 0 amide bonds. The monoisotopic (exact) mass is 485 g/mol. The predicted molar refractivity (Wildman–Crippen MR) is 139 cm³/mol. The zero-order valence-electron chi connectivity index (χ0n) is 22.7. The Morgan fingerprint density at radius 2 is 1.24 bits per heavy atom. The van der Waals surface area contributed by atoms with Crippen molar-refractivity contribution < 1.29 is 24.3 Å². The summed E-state index contributed by atoms with van der Waals surface area (Å²) in [5.41, 5.74) is 0. The second kappa shape index (κ2) is 25.0. The van der Waals surface area contributed by atoms with Crippen LogP contribution in [-0.4, -0.2) is 48.4 Å². The molecular formula is C28H55NO5. The van der Waals surface area contributed by atoms with Gasteiger partial charge in [0.15, 0.2) is 0 Å². The molecule has 0 aliphatic heterocycles. The van der Waals surface area contributed by atoms with Gasteiger partial charge in [-0.05, 0) is 31.6 Å². The first-order valence-electron chi connectivity index (χ1n) is 14.3. The molecule has 0 bridgehead atoms. The van der Waals surface area contributed by atoms with E-state index < -0.39 is 0 Å². The van der Waals surface area contributed by atoms with Crippen LogP contribution in [0, 0.1) is 5.92 Å². The zero-order chi connectivity index (χ0) is 25.3. The highest BCUT2D eigenvalue weighted by Crippen LogP contribution is 2.13. The van der Waals surface area contributed by atoms with E-state index >= 15 is 0 Å². The standard InChI is InChI=1S/C28H55NO5/c1-4-6-8-11-15-19-26(3)25-33-27(31)20-16-13-10-14-18-22-29(23-24-30)34-28(32)21-17-12-9-7-5-2/h26,30H,4-25H2,1-3H3. The van der Waals surface area contributed by atoms with Gasteiger partial charge in [-0.15, -0.1) is 5.06 Å². The predicted octanol–water partition coefficient (Wildman–Crippen LogP) is 6.98. The number of rotatable bonds is 25. The molecule has 0 spiro atoms. The summed E-state index contributed by atoms with van der Waals surface area (Å²) in [5.74, 6) is 0.172. The molecule has 0 saturated heterocycles. The van der Waals surface area contributed by atoms with E-state index in [1.807, 2.05) is 0 Å². The van der Waals surface area contributed by atoms with E-state index in [0.29, 0.717) is 38.5 Å². The number of esters is 1. The first-order valence-corrected chi connectivity index (χ1v) is 14.3. The largest absolute Gasteiger partial charge is 0.465 e. The first-order chi connectivity index (χ1) is 16.5. The molecule has 0 aromatic heterocycles. The van der Waals surface area contributed by atoms with Gasteiger partial charge in [-0.2, -0.15) is 0 Å². The summed E-state index contributed by atoms with van der Waals surface area (Å²) in [7, 11) is 0. The number of aliphatic hydroxyl groups excluding tert-OH is 1. The number of nitrogens with zero attached hydrogens (tertiary/aromatic N) is 1. The highest BCUT2D eigenvalue weighted by Gasteiger charge is 2.11. The highest BCUT2D eigenvalue weighted by molar-refractivity contribution is 5.69. The summed E-state index contributed by atoms with van der Waals surface area (Å²) >= 11 is 0. The van der Waals surface area contributed by atoms with E-state index in [-0.39, 0.29) is 18.5 Å². The first kappa shape index (κ1) is 32.9. The van der Waals surface area contributed by atoms with Crippen molar-refractivity contribution in [1.82, 2.24) is 5.06 Å². The van der Waals surface area contributed by atoms with Crippen molar-refractivity contribution in [3.8, 4) is 0 Å². The molecule has 0 heterocycles. The van der Waals surface area contributed by atoms with E-state index in [9.17, 15) is 14.7 Å². The summed E-state index contributed by atoms with van der Waals surface area (Å²) in [6.45, 7) is 8.08. The fourth-order valence-corrected chi connectivity index (χ4v) is 3.95. The van der Waals surface area contributed by atoms with E-state index in [4.69, 9.17) is 9.57 Å². The van der Waals surface area contributed by atoms with Crippen LogP contribution in [0.25, 0.3) is 0 Å². The molecule has 0 aromatic carbocycles. The van der Waals surface area contributed by atoms with Crippen LogP contribution in [-0.2, 0) is 19.2 Å². The third-order valence-electron chi connectivity index (χ3n) is 6.18. The molecule has 0 fully saturated rings.